The number of ether oxygens (including phenoxy) is 1. The number of carbonyl (C=O) groups excluding carboxylic acids is 1. The van der Waals surface area contributed by atoms with E-state index in [4.69, 9.17) is 44.0 Å². The van der Waals surface area contributed by atoms with Crippen LogP contribution in [0.3, 0.4) is 0 Å². The van der Waals surface area contributed by atoms with Gasteiger partial charge in [0.1, 0.15) is 12.6 Å². The first-order valence-corrected chi connectivity index (χ1v) is 11.8. The quantitative estimate of drug-likeness (QED) is 0.518. The van der Waals surface area contributed by atoms with Gasteiger partial charge in [-0.1, -0.05) is 55.6 Å². The molecule has 7 nitrogen and oxygen atoms in total. The molecular formula is C14H25Cl3N2O5Si. The normalized spacial score (nSPS) is 22.6. The highest BCUT2D eigenvalue weighted by Crippen LogP contribution is 2.38. The third-order valence-corrected chi connectivity index (χ3v) is 9.20. The number of rotatable bonds is 4. The summed E-state index contributed by atoms with van der Waals surface area (Å²) in [6.45, 7) is 10.1. The van der Waals surface area contributed by atoms with Crippen molar-refractivity contribution >= 4 is 55.2 Å². The zero-order valence-corrected chi connectivity index (χ0v) is 18.2. The smallest absolute Gasteiger partial charge is 0.424 e. The molecule has 0 saturated carbocycles. The van der Waals surface area contributed by atoms with Crippen molar-refractivity contribution in [2.45, 2.75) is 61.3 Å². The molecule has 1 aliphatic heterocycles. The molecule has 0 spiro atoms. The lowest BCUT2D eigenvalue weighted by atomic mass is 10.1. The molecule has 1 saturated heterocycles. The van der Waals surface area contributed by atoms with Gasteiger partial charge in [-0.2, -0.15) is 0 Å². The number of hydrogen-bond acceptors (Lipinski definition) is 5. The highest BCUT2D eigenvalue weighted by molar-refractivity contribution is 6.74. The van der Waals surface area contributed by atoms with Crippen molar-refractivity contribution in [1.29, 1.82) is 0 Å². The van der Waals surface area contributed by atoms with Crippen LogP contribution in [0.5, 0.6) is 0 Å². The van der Waals surface area contributed by atoms with E-state index in [1.54, 1.807) is 0 Å². The zero-order valence-electron chi connectivity index (χ0n) is 14.9. The first-order valence-electron chi connectivity index (χ1n) is 7.80. The molecule has 0 aromatic heterocycles. The van der Waals surface area contributed by atoms with E-state index < -0.39 is 42.9 Å². The van der Waals surface area contributed by atoms with Crippen molar-refractivity contribution in [1.82, 2.24) is 10.4 Å². The number of carbonyl (C=O) groups is 2. The molecule has 0 aliphatic carbocycles. The number of hydrogen-bond donors (Lipinski definition) is 2. The molecule has 1 heterocycles. The average Bonchev–Trinajstić information content (AvgIpc) is 2.41. The van der Waals surface area contributed by atoms with Crippen molar-refractivity contribution in [2.24, 2.45) is 0 Å². The third kappa shape index (κ3) is 7.11. The maximum Gasteiger partial charge on any atom is 0.424 e. The summed E-state index contributed by atoms with van der Waals surface area (Å²) >= 11 is 16.7. The first kappa shape index (κ1) is 22.8. The Kier molecular flexibility index (Phi) is 7.46. The molecule has 1 fully saturated rings. The van der Waals surface area contributed by atoms with Gasteiger partial charge in [-0.25, -0.2) is 15.2 Å². The minimum Gasteiger partial charge on any atom is -0.480 e. The van der Waals surface area contributed by atoms with Crippen LogP contribution in [-0.2, 0) is 14.0 Å². The maximum absolute atomic E-state index is 12.1. The molecule has 1 rings (SSSR count). The lowest BCUT2D eigenvalue weighted by molar-refractivity contribution is -0.143. The molecular weight excluding hydrogens is 411 g/mol. The van der Waals surface area contributed by atoms with Crippen LogP contribution in [0, 0.1) is 0 Å². The molecule has 2 N–H and O–H groups in total. The fourth-order valence-electron chi connectivity index (χ4n) is 2.02. The molecule has 0 bridgehead atoms. The van der Waals surface area contributed by atoms with Crippen LogP contribution in [0.4, 0.5) is 4.79 Å². The van der Waals surface area contributed by atoms with Gasteiger partial charge in [0.25, 0.3) is 0 Å². The maximum atomic E-state index is 12.1. The molecule has 0 radical (unpaired) electrons. The Morgan fingerprint density at radius 3 is 2.28 bits per heavy atom. The van der Waals surface area contributed by atoms with Crippen LogP contribution in [0.25, 0.3) is 0 Å². The summed E-state index contributed by atoms with van der Waals surface area (Å²) in [5.41, 5.74) is 2.61. The van der Waals surface area contributed by atoms with Crippen molar-refractivity contribution < 1.29 is 23.9 Å². The second-order valence-corrected chi connectivity index (χ2v) is 14.8. The third-order valence-electron chi connectivity index (χ3n) is 4.34. The van der Waals surface area contributed by atoms with Crippen molar-refractivity contribution in [3.63, 3.8) is 0 Å². The van der Waals surface area contributed by atoms with E-state index in [-0.39, 0.29) is 18.0 Å². The predicted octanol–water partition coefficient (Wildman–Crippen LogP) is 3.55. The van der Waals surface area contributed by atoms with Gasteiger partial charge in [-0.05, 0) is 18.1 Å². The number of halogens is 3. The summed E-state index contributed by atoms with van der Waals surface area (Å²) in [5, 5.41) is 10.3. The number of amides is 1. The number of aliphatic carboxylic acids is 1. The zero-order chi connectivity index (χ0) is 19.6. The first-order chi connectivity index (χ1) is 11.1. The van der Waals surface area contributed by atoms with Gasteiger partial charge in [0.15, 0.2) is 8.32 Å². The summed E-state index contributed by atoms with van der Waals surface area (Å²) in [6.07, 6.45) is -1.000. The van der Waals surface area contributed by atoms with Gasteiger partial charge in [0.05, 0.1) is 12.6 Å². The summed E-state index contributed by atoms with van der Waals surface area (Å²) in [4.78, 5) is 23.5. The number of nitrogens with one attached hydrogen (secondary N) is 1. The Bertz CT molecular complexity index is 508. The van der Waals surface area contributed by atoms with Crippen molar-refractivity contribution in [2.75, 3.05) is 13.2 Å². The molecule has 1 amide bonds. The van der Waals surface area contributed by atoms with Crippen molar-refractivity contribution in [3.8, 4) is 0 Å². The Balaban J connectivity index is 2.84. The highest BCUT2D eigenvalue weighted by atomic mass is 35.6. The van der Waals surface area contributed by atoms with Crippen LogP contribution in [0.2, 0.25) is 18.1 Å². The van der Waals surface area contributed by atoms with Crippen molar-refractivity contribution in [3.05, 3.63) is 0 Å². The molecule has 0 aromatic carbocycles. The van der Waals surface area contributed by atoms with E-state index in [0.29, 0.717) is 0 Å². The lowest BCUT2D eigenvalue weighted by Gasteiger charge is -2.43. The Hall–Kier alpha value is -0.253. The molecule has 2 atom stereocenters. The van der Waals surface area contributed by atoms with E-state index in [1.165, 1.54) is 0 Å². The van der Waals surface area contributed by atoms with Crippen LogP contribution >= 0.6 is 34.8 Å². The van der Waals surface area contributed by atoms with Gasteiger partial charge in [0.2, 0.25) is 3.79 Å². The minimum atomic E-state index is -2.13. The SMILES string of the molecule is CC(C)(C)[Si](C)(C)O[C@@H]1C[C@H](C(=O)O)NN(C(=O)OCC(Cl)(Cl)Cl)C1. The minimum absolute atomic E-state index is 0.0442. The molecule has 146 valence electrons. The summed E-state index contributed by atoms with van der Waals surface area (Å²) < 4.78 is 9.43. The fourth-order valence-corrected chi connectivity index (χ4v) is 3.54. The molecule has 0 unspecified atom stereocenters. The Morgan fingerprint density at radius 1 is 1.28 bits per heavy atom. The second-order valence-electron chi connectivity index (χ2n) is 7.54. The van der Waals surface area contributed by atoms with Crippen LogP contribution in [-0.4, -0.2) is 59.6 Å². The van der Waals surface area contributed by atoms with Gasteiger partial charge < -0.3 is 14.3 Å². The summed E-state index contributed by atoms with van der Waals surface area (Å²) in [5.74, 6) is -1.08. The highest BCUT2D eigenvalue weighted by Gasteiger charge is 2.43. The molecule has 1 aliphatic rings. The Labute approximate surface area is 164 Å². The number of hydrazine groups is 1. The van der Waals surface area contributed by atoms with Crippen LogP contribution in [0.1, 0.15) is 27.2 Å². The number of nitrogens with zero attached hydrogens (tertiary/aromatic N) is 1. The Morgan fingerprint density at radius 2 is 1.84 bits per heavy atom. The van der Waals surface area contributed by atoms with E-state index in [1.807, 2.05) is 0 Å². The largest absolute Gasteiger partial charge is 0.480 e. The number of carboxylic acids is 1. The topological polar surface area (TPSA) is 88.1 Å². The van der Waals surface area contributed by atoms with Gasteiger partial charge in [-0.15, -0.1) is 0 Å². The van der Waals surface area contributed by atoms with E-state index in [0.717, 1.165) is 5.01 Å². The average molecular weight is 436 g/mol. The monoisotopic (exact) mass is 434 g/mol. The van der Waals surface area contributed by atoms with E-state index in [9.17, 15) is 14.7 Å². The fraction of sp³-hybridized carbons (Fsp3) is 0.857. The van der Waals surface area contributed by atoms with Gasteiger partial charge in [0, 0.05) is 6.42 Å². The van der Waals surface area contributed by atoms with E-state index >= 15 is 0 Å². The number of carboxylic acid groups (broad SMARTS) is 1. The molecule has 25 heavy (non-hydrogen) atoms. The van der Waals surface area contributed by atoms with E-state index in [2.05, 4.69) is 39.3 Å². The van der Waals surface area contributed by atoms with Gasteiger partial charge in [-0.3, -0.25) is 4.79 Å². The predicted molar refractivity (Wildman–Crippen MR) is 99.6 cm³/mol. The lowest BCUT2D eigenvalue weighted by Crippen LogP contribution is -2.61. The standard InChI is InChI=1S/C14H25Cl3N2O5Si/c1-13(2,3)25(4,5)24-9-6-10(11(20)21)18-19(7-9)12(22)23-8-14(15,16)17/h9-10,18H,6-8H2,1-5H3,(H,20,21)/t9-,10-/m1/s1. The molecule has 11 heteroatoms. The molecule has 0 aromatic rings. The van der Waals surface area contributed by atoms with Crippen LogP contribution < -0.4 is 5.43 Å². The summed E-state index contributed by atoms with van der Waals surface area (Å²) in [6, 6.07) is -0.969. The summed E-state index contributed by atoms with van der Waals surface area (Å²) in [7, 11) is -2.13. The number of alkyl halides is 3. The second kappa shape index (κ2) is 8.18. The van der Waals surface area contributed by atoms with Gasteiger partial charge >= 0.3 is 12.1 Å². The van der Waals surface area contributed by atoms with Crippen LogP contribution in [0.15, 0.2) is 0 Å².